The van der Waals surface area contributed by atoms with Crippen LogP contribution in [0.25, 0.3) is 21.6 Å². The molecule has 0 aliphatic rings. The number of phenols is 4. The van der Waals surface area contributed by atoms with Gasteiger partial charge in [0.1, 0.15) is 0 Å². The first kappa shape index (κ1) is 13.3. The maximum Gasteiger partial charge on any atom is 0.204 e. The van der Waals surface area contributed by atoms with Crippen molar-refractivity contribution in [2.45, 2.75) is 0 Å². The molecule has 21 heavy (non-hydrogen) atoms. The van der Waals surface area contributed by atoms with Gasteiger partial charge in [0.2, 0.25) is 11.5 Å². The summed E-state index contributed by atoms with van der Waals surface area (Å²) < 4.78 is 0. The number of benzene rings is 2. The number of hydrogen-bond acceptors (Lipinski definition) is 5. The van der Waals surface area contributed by atoms with Crippen molar-refractivity contribution in [3.63, 3.8) is 0 Å². The Morgan fingerprint density at radius 1 is 0.714 bits per heavy atom. The first-order chi connectivity index (χ1) is 10.1. The van der Waals surface area contributed by atoms with Crippen LogP contribution in [-0.2, 0) is 0 Å². The summed E-state index contributed by atoms with van der Waals surface area (Å²) in [5.74, 6) is -2.39. The lowest BCUT2D eigenvalue weighted by Crippen LogP contribution is -1.82. The maximum absolute atomic E-state index is 10.0. The standard InChI is InChI=1S/C16H12O4S/c17-12-8-11(13(18)15(20)14(12)19)16-10(6-7-21-16)9-4-2-1-3-5-9/h1-8,17-20H. The van der Waals surface area contributed by atoms with Gasteiger partial charge in [-0.2, -0.15) is 0 Å². The summed E-state index contributed by atoms with van der Waals surface area (Å²) in [7, 11) is 0. The van der Waals surface area contributed by atoms with Gasteiger partial charge < -0.3 is 20.4 Å². The maximum atomic E-state index is 10.0. The van der Waals surface area contributed by atoms with Crippen molar-refractivity contribution in [1.29, 1.82) is 0 Å². The minimum absolute atomic E-state index is 0.275. The molecule has 0 aliphatic heterocycles. The molecule has 0 spiro atoms. The van der Waals surface area contributed by atoms with Gasteiger partial charge >= 0.3 is 0 Å². The van der Waals surface area contributed by atoms with E-state index in [0.717, 1.165) is 11.1 Å². The molecular weight excluding hydrogens is 288 g/mol. The van der Waals surface area contributed by atoms with Crippen LogP contribution in [0.5, 0.6) is 23.0 Å². The Morgan fingerprint density at radius 2 is 1.43 bits per heavy atom. The van der Waals surface area contributed by atoms with Gasteiger partial charge in [-0.05, 0) is 23.1 Å². The average molecular weight is 300 g/mol. The van der Waals surface area contributed by atoms with Gasteiger partial charge in [0, 0.05) is 16.0 Å². The fourth-order valence-corrected chi connectivity index (χ4v) is 3.11. The molecule has 0 saturated carbocycles. The second kappa shape index (κ2) is 5.03. The molecule has 0 fully saturated rings. The van der Waals surface area contributed by atoms with Gasteiger partial charge in [-0.3, -0.25) is 0 Å². The average Bonchev–Trinajstić information content (AvgIpc) is 2.99. The zero-order valence-corrected chi connectivity index (χ0v) is 11.6. The molecule has 5 heteroatoms. The Balaban J connectivity index is 2.22. The number of aromatic hydroxyl groups is 4. The van der Waals surface area contributed by atoms with Crippen LogP contribution in [0, 0.1) is 0 Å². The molecule has 0 unspecified atom stereocenters. The molecule has 1 aromatic heterocycles. The van der Waals surface area contributed by atoms with Crippen LogP contribution >= 0.6 is 11.3 Å². The van der Waals surface area contributed by atoms with E-state index in [9.17, 15) is 20.4 Å². The second-order valence-corrected chi connectivity index (χ2v) is 5.43. The van der Waals surface area contributed by atoms with Gasteiger partial charge in [0.05, 0.1) is 0 Å². The lowest BCUT2D eigenvalue weighted by atomic mass is 10.0. The van der Waals surface area contributed by atoms with E-state index in [1.165, 1.54) is 17.4 Å². The summed E-state index contributed by atoms with van der Waals surface area (Å²) in [6.07, 6.45) is 0. The van der Waals surface area contributed by atoms with Crippen molar-refractivity contribution < 1.29 is 20.4 Å². The molecule has 106 valence electrons. The van der Waals surface area contributed by atoms with Crippen LogP contribution in [0.2, 0.25) is 0 Å². The van der Waals surface area contributed by atoms with Crippen LogP contribution in [-0.4, -0.2) is 20.4 Å². The van der Waals surface area contributed by atoms with Crippen LogP contribution in [0.4, 0.5) is 0 Å². The third kappa shape index (κ3) is 2.17. The Hall–Kier alpha value is -2.66. The van der Waals surface area contributed by atoms with E-state index in [-0.39, 0.29) is 5.56 Å². The molecule has 3 rings (SSSR count). The predicted octanol–water partition coefficient (Wildman–Crippen LogP) is 3.90. The molecule has 1 heterocycles. The number of hydrogen-bond donors (Lipinski definition) is 4. The fraction of sp³-hybridized carbons (Fsp3) is 0. The molecule has 4 N–H and O–H groups in total. The highest BCUT2D eigenvalue weighted by Crippen LogP contribution is 2.50. The van der Waals surface area contributed by atoms with Crippen LogP contribution < -0.4 is 0 Å². The van der Waals surface area contributed by atoms with Crippen LogP contribution in [0.1, 0.15) is 0 Å². The van der Waals surface area contributed by atoms with Gasteiger partial charge in [-0.15, -0.1) is 11.3 Å². The minimum atomic E-state index is -0.728. The monoisotopic (exact) mass is 300 g/mol. The van der Waals surface area contributed by atoms with E-state index in [0.29, 0.717) is 4.88 Å². The van der Waals surface area contributed by atoms with Gasteiger partial charge in [0.15, 0.2) is 11.5 Å². The molecule has 0 saturated heterocycles. The molecular formula is C16H12O4S. The number of thiophene rings is 1. The van der Waals surface area contributed by atoms with E-state index < -0.39 is 23.0 Å². The Morgan fingerprint density at radius 3 is 2.14 bits per heavy atom. The summed E-state index contributed by atoms with van der Waals surface area (Å²) in [5, 5.41) is 40.7. The van der Waals surface area contributed by atoms with Crippen molar-refractivity contribution >= 4 is 11.3 Å². The summed E-state index contributed by atoms with van der Waals surface area (Å²) in [4.78, 5) is 0.698. The molecule has 3 aromatic rings. The van der Waals surface area contributed by atoms with Crippen molar-refractivity contribution in [3.8, 4) is 44.6 Å². The van der Waals surface area contributed by atoms with E-state index >= 15 is 0 Å². The lowest BCUT2D eigenvalue weighted by molar-refractivity contribution is 0.347. The van der Waals surface area contributed by atoms with Gasteiger partial charge in [0.25, 0.3) is 0 Å². The highest BCUT2D eigenvalue weighted by molar-refractivity contribution is 7.14. The van der Waals surface area contributed by atoms with Crippen LogP contribution in [0.3, 0.4) is 0 Å². The largest absolute Gasteiger partial charge is 0.504 e. The topological polar surface area (TPSA) is 80.9 Å². The van der Waals surface area contributed by atoms with E-state index in [1.54, 1.807) is 0 Å². The third-order valence-electron chi connectivity index (χ3n) is 3.22. The fourth-order valence-electron chi connectivity index (χ4n) is 2.17. The molecule has 0 radical (unpaired) electrons. The van der Waals surface area contributed by atoms with Crippen LogP contribution in [0.15, 0.2) is 47.8 Å². The molecule has 4 nitrogen and oxygen atoms in total. The SMILES string of the molecule is Oc1cc(-c2sccc2-c2ccccc2)c(O)c(O)c1O. The van der Waals surface area contributed by atoms with Crippen molar-refractivity contribution in [2.75, 3.05) is 0 Å². The number of rotatable bonds is 2. The highest BCUT2D eigenvalue weighted by Gasteiger charge is 2.20. The van der Waals surface area contributed by atoms with E-state index in [2.05, 4.69) is 0 Å². The Bertz CT molecular complexity index is 794. The Labute approximate surface area is 124 Å². The normalized spacial score (nSPS) is 10.7. The van der Waals surface area contributed by atoms with Gasteiger partial charge in [-0.1, -0.05) is 30.3 Å². The summed E-state index contributed by atoms with van der Waals surface area (Å²) in [5.41, 5.74) is 2.11. The molecule has 2 aromatic carbocycles. The zero-order chi connectivity index (χ0) is 15.0. The van der Waals surface area contributed by atoms with Crippen molar-refractivity contribution in [2.24, 2.45) is 0 Å². The van der Waals surface area contributed by atoms with E-state index in [4.69, 9.17) is 0 Å². The lowest BCUT2D eigenvalue weighted by Gasteiger charge is -2.10. The summed E-state index contributed by atoms with van der Waals surface area (Å²) in [6.45, 7) is 0. The summed E-state index contributed by atoms with van der Waals surface area (Å²) in [6, 6.07) is 12.7. The zero-order valence-electron chi connectivity index (χ0n) is 10.8. The summed E-state index contributed by atoms with van der Waals surface area (Å²) >= 11 is 1.37. The quantitative estimate of drug-likeness (QED) is 0.427. The van der Waals surface area contributed by atoms with E-state index in [1.807, 2.05) is 41.8 Å². The first-order valence-corrected chi connectivity index (χ1v) is 7.07. The van der Waals surface area contributed by atoms with Gasteiger partial charge in [-0.25, -0.2) is 0 Å². The predicted molar refractivity (Wildman–Crippen MR) is 81.9 cm³/mol. The Kier molecular flexibility index (Phi) is 3.19. The second-order valence-electron chi connectivity index (χ2n) is 4.52. The molecule has 0 amide bonds. The third-order valence-corrected chi connectivity index (χ3v) is 4.17. The number of phenolic OH excluding ortho intramolecular Hbond substituents is 4. The first-order valence-electron chi connectivity index (χ1n) is 6.19. The van der Waals surface area contributed by atoms with Crippen molar-refractivity contribution in [3.05, 3.63) is 47.8 Å². The minimum Gasteiger partial charge on any atom is -0.504 e. The molecule has 0 atom stereocenters. The van der Waals surface area contributed by atoms with Crippen molar-refractivity contribution in [1.82, 2.24) is 0 Å². The smallest absolute Gasteiger partial charge is 0.204 e. The highest BCUT2D eigenvalue weighted by atomic mass is 32.1. The molecule has 0 bridgehead atoms. The molecule has 0 aliphatic carbocycles.